The topological polar surface area (TPSA) is 118 Å². The average Bonchev–Trinajstić information content (AvgIpc) is 3.53. The predicted octanol–water partition coefficient (Wildman–Crippen LogP) is 4.72. The van der Waals surface area contributed by atoms with Crippen LogP contribution in [0.5, 0.6) is 0 Å². The number of hydrogen-bond acceptors (Lipinski definition) is 7. The molecule has 0 atom stereocenters. The maximum atomic E-state index is 13.5. The number of rotatable bonds is 9. The Morgan fingerprint density at radius 2 is 1.79 bits per heavy atom. The normalized spacial score (nSPS) is 12.4. The second-order valence-corrected chi connectivity index (χ2v) is 15.9. The SMILES string of the molecule is Cc1cc(-c2c(-c3ccccc3)nc(N)n3c(=O)n(Cc4ccc(F)cn4)nc23)cc2cnn(COCCS(C)(C)C)c12. The average molecular weight is 601 g/mol. The lowest BCUT2D eigenvalue weighted by molar-refractivity contribution is 0.0840. The molecule has 6 aromatic rings. The summed E-state index contributed by atoms with van der Waals surface area (Å²) < 4.78 is 23.9. The van der Waals surface area contributed by atoms with E-state index in [4.69, 9.17) is 20.6 Å². The molecule has 0 unspecified atom stereocenters. The Labute approximate surface area is 249 Å². The van der Waals surface area contributed by atoms with E-state index in [1.54, 1.807) is 0 Å². The van der Waals surface area contributed by atoms with E-state index in [1.165, 1.54) is 21.2 Å². The second kappa shape index (κ2) is 11.3. The lowest BCUT2D eigenvalue weighted by Gasteiger charge is -2.24. The highest BCUT2D eigenvalue weighted by Crippen LogP contribution is 2.37. The Bertz CT molecular complexity index is 1990. The van der Waals surface area contributed by atoms with Gasteiger partial charge in [-0.15, -0.1) is 5.10 Å². The highest BCUT2D eigenvalue weighted by molar-refractivity contribution is 8.32. The Hall–Kier alpha value is -4.55. The third-order valence-corrected chi connectivity index (χ3v) is 8.56. The lowest BCUT2D eigenvalue weighted by Crippen LogP contribution is -2.24. The summed E-state index contributed by atoms with van der Waals surface area (Å²) in [4.78, 5) is 22.3. The molecule has 6 rings (SSSR count). The van der Waals surface area contributed by atoms with Gasteiger partial charge in [0.2, 0.25) is 5.95 Å². The fourth-order valence-electron chi connectivity index (χ4n) is 5.08. The molecule has 0 bridgehead atoms. The van der Waals surface area contributed by atoms with Crippen LogP contribution in [-0.2, 0) is 18.0 Å². The van der Waals surface area contributed by atoms with Crippen LogP contribution in [0.15, 0.2) is 71.8 Å². The molecular weight excluding hydrogens is 567 g/mol. The van der Waals surface area contributed by atoms with Crippen LogP contribution in [-0.4, -0.2) is 65.1 Å². The Morgan fingerprint density at radius 1 is 1.00 bits per heavy atom. The van der Waals surface area contributed by atoms with Crippen molar-refractivity contribution in [2.24, 2.45) is 0 Å². The van der Waals surface area contributed by atoms with Crippen LogP contribution < -0.4 is 11.4 Å². The van der Waals surface area contributed by atoms with Crippen molar-refractivity contribution in [1.29, 1.82) is 0 Å². The molecule has 4 heterocycles. The second-order valence-electron chi connectivity index (χ2n) is 11.3. The molecule has 0 aliphatic rings. The molecule has 4 aromatic heterocycles. The van der Waals surface area contributed by atoms with Crippen molar-refractivity contribution in [2.75, 3.05) is 36.9 Å². The number of pyridine rings is 1. The summed E-state index contributed by atoms with van der Waals surface area (Å²) in [5, 5.41) is 10.2. The summed E-state index contributed by atoms with van der Waals surface area (Å²) in [5.74, 6) is 0.586. The summed E-state index contributed by atoms with van der Waals surface area (Å²) in [6.07, 6.45) is 9.75. The number of benzene rings is 2. The predicted molar refractivity (Wildman–Crippen MR) is 170 cm³/mol. The number of ether oxygens (including phenoxy) is 1. The molecule has 222 valence electrons. The Balaban J connectivity index is 1.49. The molecule has 2 N–H and O–H groups in total. The van der Waals surface area contributed by atoms with E-state index in [2.05, 4.69) is 28.8 Å². The molecule has 0 radical (unpaired) electrons. The zero-order chi connectivity index (χ0) is 30.3. The highest BCUT2D eigenvalue weighted by Gasteiger charge is 2.23. The van der Waals surface area contributed by atoms with Crippen LogP contribution in [0.1, 0.15) is 11.3 Å². The zero-order valence-electron chi connectivity index (χ0n) is 24.5. The summed E-state index contributed by atoms with van der Waals surface area (Å²) >= 11 is 0. The van der Waals surface area contributed by atoms with E-state index >= 15 is 0 Å². The molecule has 0 saturated carbocycles. The van der Waals surface area contributed by atoms with Gasteiger partial charge >= 0.3 is 5.69 Å². The molecule has 0 amide bonds. The fourth-order valence-corrected chi connectivity index (χ4v) is 5.70. The van der Waals surface area contributed by atoms with Crippen LogP contribution in [0, 0.1) is 12.7 Å². The van der Waals surface area contributed by atoms with Gasteiger partial charge in [-0.2, -0.15) is 5.10 Å². The van der Waals surface area contributed by atoms with Gasteiger partial charge in [0.05, 0.1) is 48.0 Å². The first-order valence-corrected chi connectivity index (χ1v) is 16.8. The van der Waals surface area contributed by atoms with Crippen LogP contribution >= 0.6 is 10.0 Å². The number of nitrogens with two attached hydrogens (primary N) is 1. The molecule has 0 saturated heterocycles. The van der Waals surface area contributed by atoms with Crippen molar-refractivity contribution in [3.05, 3.63) is 94.5 Å². The standard InChI is InChI=1S/C31H33FN8O2S/c1-20-14-22(15-23-16-35-39(28(20)23)19-42-12-13-43(2,3)4)26-27(21-8-6-5-7-9-21)36-30(33)40-29(26)37-38(31(40)41)18-25-11-10-24(32)17-34-25/h5-11,14-17H,12-13,18-19H2,1-4H3,(H2,33,36). The third-order valence-electron chi connectivity index (χ3n) is 7.17. The quantitative estimate of drug-likeness (QED) is 0.239. The summed E-state index contributed by atoms with van der Waals surface area (Å²) in [7, 11) is -0.641. The van der Waals surface area contributed by atoms with Crippen LogP contribution in [0.2, 0.25) is 0 Å². The van der Waals surface area contributed by atoms with Crippen molar-refractivity contribution in [1.82, 2.24) is 33.9 Å². The Kier molecular flexibility index (Phi) is 7.49. The van der Waals surface area contributed by atoms with Crippen molar-refractivity contribution in [2.45, 2.75) is 20.2 Å². The van der Waals surface area contributed by atoms with Gasteiger partial charge < -0.3 is 10.5 Å². The third kappa shape index (κ3) is 5.75. The van der Waals surface area contributed by atoms with Gasteiger partial charge in [0.25, 0.3) is 0 Å². The first-order chi connectivity index (χ1) is 20.6. The maximum absolute atomic E-state index is 13.5. The van der Waals surface area contributed by atoms with Gasteiger partial charge in [-0.1, -0.05) is 30.3 Å². The molecule has 0 aliphatic carbocycles. The van der Waals surface area contributed by atoms with E-state index in [1.807, 2.05) is 60.3 Å². The molecule has 0 aliphatic heterocycles. The van der Waals surface area contributed by atoms with Gasteiger partial charge in [0.15, 0.2) is 5.65 Å². The maximum Gasteiger partial charge on any atom is 0.353 e. The number of nitrogen functional groups attached to an aromatic ring is 1. The van der Waals surface area contributed by atoms with Crippen LogP contribution in [0.25, 0.3) is 38.9 Å². The number of aromatic nitrogens is 7. The highest BCUT2D eigenvalue weighted by atomic mass is 32.3. The van der Waals surface area contributed by atoms with Crippen LogP contribution in [0.3, 0.4) is 0 Å². The fraction of sp³-hybridized carbons (Fsp3) is 0.258. The Morgan fingerprint density at radius 3 is 2.51 bits per heavy atom. The molecule has 43 heavy (non-hydrogen) atoms. The number of hydrogen-bond donors (Lipinski definition) is 1. The molecule has 0 fully saturated rings. The number of aryl methyl sites for hydroxylation is 1. The van der Waals surface area contributed by atoms with E-state index in [9.17, 15) is 9.18 Å². The van der Waals surface area contributed by atoms with Crippen molar-refractivity contribution in [3.8, 4) is 22.4 Å². The van der Waals surface area contributed by atoms with E-state index in [0.29, 0.717) is 35.9 Å². The molecular formula is C31H33FN8O2S. The van der Waals surface area contributed by atoms with E-state index < -0.39 is 21.5 Å². The van der Waals surface area contributed by atoms with E-state index in [0.717, 1.165) is 39.5 Å². The number of anilines is 1. The summed E-state index contributed by atoms with van der Waals surface area (Å²) in [6, 6.07) is 16.5. The molecule has 0 spiro atoms. The van der Waals surface area contributed by atoms with Crippen molar-refractivity contribution >= 4 is 32.5 Å². The molecule has 10 nitrogen and oxygen atoms in total. The van der Waals surface area contributed by atoms with Gasteiger partial charge in [-0.25, -0.2) is 38.0 Å². The smallest absolute Gasteiger partial charge is 0.353 e. The summed E-state index contributed by atoms with van der Waals surface area (Å²) in [5.41, 5.74) is 11.6. The number of nitrogens with zero attached hydrogens (tertiary/aromatic N) is 7. The summed E-state index contributed by atoms with van der Waals surface area (Å²) in [6.45, 7) is 3.11. The molecule has 2 aromatic carbocycles. The van der Waals surface area contributed by atoms with Crippen LogP contribution in [0.4, 0.5) is 10.3 Å². The minimum atomic E-state index is -0.641. The largest absolute Gasteiger partial charge is 0.369 e. The van der Waals surface area contributed by atoms with E-state index in [-0.39, 0.29) is 12.5 Å². The first kappa shape index (κ1) is 28.6. The number of fused-ring (bicyclic) bond motifs is 2. The minimum Gasteiger partial charge on any atom is -0.369 e. The first-order valence-electron chi connectivity index (χ1n) is 13.7. The van der Waals surface area contributed by atoms with Gasteiger partial charge in [0, 0.05) is 16.7 Å². The molecule has 12 heteroatoms. The van der Waals surface area contributed by atoms with Gasteiger partial charge in [0.1, 0.15) is 12.5 Å². The monoisotopic (exact) mass is 600 g/mol. The number of halogens is 1. The van der Waals surface area contributed by atoms with Gasteiger partial charge in [-0.3, -0.25) is 4.98 Å². The van der Waals surface area contributed by atoms with Crippen molar-refractivity contribution in [3.63, 3.8) is 0 Å². The van der Waals surface area contributed by atoms with Gasteiger partial charge in [-0.05, 0) is 61.1 Å². The minimum absolute atomic E-state index is 0.0146. The van der Waals surface area contributed by atoms with Crippen molar-refractivity contribution < 1.29 is 9.13 Å². The lowest BCUT2D eigenvalue weighted by atomic mass is 9.97. The zero-order valence-corrected chi connectivity index (χ0v) is 25.3.